The van der Waals surface area contributed by atoms with Gasteiger partial charge in [-0.15, -0.1) is 0 Å². The van der Waals surface area contributed by atoms with Crippen molar-refractivity contribution in [3.63, 3.8) is 0 Å². The van der Waals surface area contributed by atoms with Gasteiger partial charge in [0.2, 0.25) is 0 Å². The summed E-state index contributed by atoms with van der Waals surface area (Å²) >= 11 is 0. The molecule has 0 unspecified atom stereocenters. The molecular weight excluding hydrogens is 603 g/mol. The van der Waals surface area contributed by atoms with E-state index in [1.807, 2.05) is 24.8 Å². The van der Waals surface area contributed by atoms with Crippen LogP contribution in [0.25, 0.3) is 88.6 Å². The lowest BCUT2D eigenvalue weighted by atomic mass is 10.1. The van der Waals surface area contributed by atoms with Gasteiger partial charge in [0.1, 0.15) is 0 Å². The van der Waals surface area contributed by atoms with Crippen LogP contribution in [0.2, 0.25) is 0 Å². The van der Waals surface area contributed by atoms with Crippen LogP contribution >= 0.6 is 0 Å². The summed E-state index contributed by atoms with van der Waals surface area (Å²) < 4.78 is 4.46. The van der Waals surface area contributed by atoms with Gasteiger partial charge < -0.3 is 9.97 Å². The van der Waals surface area contributed by atoms with Gasteiger partial charge in [0, 0.05) is 69.1 Å². The largest absolute Gasteiger partial charge is 0.354 e. The van der Waals surface area contributed by atoms with E-state index >= 15 is 0 Å². The number of pyridine rings is 2. The van der Waals surface area contributed by atoms with E-state index in [2.05, 4.69) is 168 Å². The molecule has 0 aliphatic carbocycles. The summed E-state index contributed by atoms with van der Waals surface area (Å²) in [5.41, 5.74) is 16.8. The highest BCUT2D eigenvalue weighted by Gasteiger charge is 2.18. The number of hydrogen-bond donors (Lipinski definition) is 3. The van der Waals surface area contributed by atoms with Crippen molar-refractivity contribution >= 4 is 44.1 Å². The zero-order chi connectivity index (χ0) is 32.3. The molecule has 8 heterocycles. The van der Waals surface area contributed by atoms with Crippen molar-refractivity contribution in [2.45, 2.75) is 0 Å². The third-order valence-electron chi connectivity index (χ3n) is 9.50. The van der Waals surface area contributed by atoms with E-state index in [4.69, 9.17) is 0 Å². The first-order valence-electron chi connectivity index (χ1n) is 16.3. The molecule has 0 radical (unpaired) electrons. The maximum Gasteiger partial charge on any atom is 0.0746 e. The number of aromatic nitrogens is 7. The van der Waals surface area contributed by atoms with E-state index in [0.717, 1.165) is 88.6 Å². The first-order chi connectivity index (χ1) is 24.3. The minimum absolute atomic E-state index is 1.01. The molecule has 0 aliphatic heterocycles. The minimum Gasteiger partial charge on any atom is -0.354 e. The Balaban J connectivity index is 1.55. The second-order valence-corrected chi connectivity index (χ2v) is 12.3. The van der Waals surface area contributed by atoms with Gasteiger partial charge in [-0.3, -0.25) is 9.97 Å². The average molecular weight is 632 g/mol. The number of H-pyrrole nitrogens is 3. The Morgan fingerprint density at radius 2 is 0.633 bits per heavy atom. The predicted octanol–water partition coefficient (Wildman–Crippen LogP) is 10.2. The van der Waals surface area contributed by atoms with Gasteiger partial charge in [0.05, 0.1) is 22.1 Å². The summed E-state index contributed by atoms with van der Waals surface area (Å²) in [6.07, 6.45) is 7.42. The zero-order valence-corrected chi connectivity index (χ0v) is 26.3. The molecule has 0 saturated carbocycles. The van der Waals surface area contributed by atoms with Crippen LogP contribution in [-0.4, -0.2) is 34.2 Å². The number of rotatable bonds is 4. The normalized spacial score (nSPS) is 11.7. The van der Waals surface area contributed by atoms with Crippen molar-refractivity contribution in [2.75, 3.05) is 0 Å². The molecule has 10 aromatic rings. The van der Waals surface area contributed by atoms with Crippen molar-refractivity contribution in [3.8, 4) is 44.5 Å². The molecule has 3 N–H and O–H groups in total. The summed E-state index contributed by atoms with van der Waals surface area (Å²) in [5.74, 6) is 0. The number of nitrogens with one attached hydrogen (secondary N) is 3. The Labute approximate surface area is 280 Å². The van der Waals surface area contributed by atoms with Gasteiger partial charge >= 0.3 is 0 Å². The van der Waals surface area contributed by atoms with Crippen LogP contribution in [-0.2, 0) is 0 Å². The van der Waals surface area contributed by atoms with Crippen LogP contribution in [0.4, 0.5) is 0 Å². The fourth-order valence-corrected chi connectivity index (χ4v) is 7.36. The Morgan fingerprint density at radius 3 is 0.959 bits per heavy atom. The Morgan fingerprint density at radius 1 is 0.327 bits per heavy atom. The van der Waals surface area contributed by atoms with Crippen LogP contribution in [0.3, 0.4) is 0 Å². The highest BCUT2D eigenvalue weighted by Crippen LogP contribution is 2.38. The molecule has 6 bridgehead atoms. The molecule has 8 aromatic heterocycles. The van der Waals surface area contributed by atoms with Gasteiger partial charge in [-0.2, -0.15) is 0 Å². The fraction of sp³-hybridized carbons (Fsp3) is 0. The predicted molar refractivity (Wildman–Crippen MR) is 199 cm³/mol. The third-order valence-corrected chi connectivity index (χ3v) is 9.50. The molecule has 0 aliphatic rings. The lowest BCUT2D eigenvalue weighted by Crippen LogP contribution is -2.01. The monoisotopic (exact) mass is 631 g/mol. The summed E-state index contributed by atoms with van der Waals surface area (Å²) in [4.78, 5) is 16.4. The number of benzene rings is 2. The number of fused-ring (bicyclic) bond motifs is 4. The van der Waals surface area contributed by atoms with E-state index in [1.54, 1.807) is 0 Å². The standard InChI is InChI=1S/C42H29N7/c1-3-7-27(8-4-1)39-31-11-13-33(45-31)41(29-19-23-43-24-20-29)38-18-16-36-40(28-9-5-2-6-10-28)32-12-14-34(46-32)42(30-21-25-44-26-22-30)37-17-15-35(39)48(37)47-49(36)38/h1-26,45-47H. The zero-order valence-electron chi connectivity index (χ0n) is 26.3. The molecule has 0 fully saturated rings. The minimum atomic E-state index is 1.01. The molecule has 10 rings (SSSR count). The second kappa shape index (κ2) is 10.9. The summed E-state index contributed by atoms with van der Waals surface area (Å²) in [7, 11) is 0. The molecule has 49 heavy (non-hydrogen) atoms. The van der Waals surface area contributed by atoms with Gasteiger partial charge in [-0.25, -0.2) is 14.2 Å². The average Bonchev–Trinajstić information content (AvgIpc) is 3.98. The maximum atomic E-state index is 4.36. The molecule has 7 nitrogen and oxygen atoms in total. The van der Waals surface area contributed by atoms with Gasteiger partial charge in [-0.05, 0) is 95.1 Å². The SMILES string of the molecule is c1ccc(-c2c3ccc([nH]3)c(-c3ccncc3)c3ccc4c(-c5ccccc5)c5ccc([nH]5)c(-c5ccncc5)c5ccc2n5[nH]n43)cc1. The summed E-state index contributed by atoms with van der Waals surface area (Å²) in [6, 6.07) is 47.1. The Hall–Kier alpha value is -6.86. The van der Waals surface area contributed by atoms with Crippen LogP contribution in [0.15, 0.2) is 158 Å². The topological polar surface area (TPSA) is 82.0 Å². The van der Waals surface area contributed by atoms with Crippen LogP contribution < -0.4 is 0 Å². The Bertz CT molecular complexity index is 2470. The number of aromatic amines is 3. The highest BCUT2D eigenvalue weighted by atomic mass is 15.4. The van der Waals surface area contributed by atoms with Crippen molar-refractivity contribution in [2.24, 2.45) is 0 Å². The van der Waals surface area contributed by atoms with E-state index in [1.165, 1.54) is 0 Å². The quantitative estimate of drug-likeness (QED) is 0.181. The lowest BCUT2D eigenvalue weighted by Gasteiger charge is -2.12. The molecule has 232 valence electrons. The van der Waals surface area contributed by atoms with Crippen molar-refractivity contribution in [3.05, 3.63) is 158 Å². The molecule has 0 atom stereocenters. The van der Waals surface area contributed by atoms with Crippen molar-refractivity contribution in [1.29, 1.82) is 0 Å². The van der Waals surface area contributed by atoms with Gasteiger partial charge in [-0.1, -0.05) is 60.7 Å². The molecule has 7 heteroatoms. The van der Waals surface area contributed by atoms with Crippen LogP contribution in [0.5, 0.6) is 0 Å². The molecule has 2 aromatic carbocycles. The molecular formula is C42H29N7. The summed E-state index contributed by atoms with van der Waals surface area (Å²) in [5, 5.41) is 3.97. The molecule has 0 saturated heterocycles. The fourth-order valence-electron chi connectivity index (χ4n) is 7.36. The number of hydrogen-bond acceptors (Lipinski definition) is 2. The van der Waals surface area contributed by atoms with E-state index in [9.17, 15) is 0 Å². The van der Waals surface area contributed by atoms with Crippen molar-refractivity contribution in [1.82, 2.24) is 34.2 Å². The second-order valence-electron chi connectivity index (χ2n) is 12.3. The lowest BCUT2D eigenvalue weighted by molar-refractivity contribution is 0.810. The van der Waals surface area contributed by atoms with E-state index < -0.39 is 0 Å². The van der Waals surface area contributed by atoms with Crippen LogP contribution in [0.1, 0.15) is 0 Å². The van der Waals surface area contributed by atoms with Crippen molar-refractivity contribution < 1.29 is 0 Å². The molecule has 0 spiro atoms. The van der Waals surface area contributed by atoms with Crippen LogP contribution in [0, 0.1) is 0 Å². The Kier molecular flexibility index (Phi) is 6.04. The highest BCUT2D eigenvalue weighted by molar-refractivity contribution is 6.03. The van der Waals surface area contributed by atoms with E-state index in [0.29, 0.717) is 0 Å². The van der Waals surface area contributed by atoms with Gasteiger partial charge in [0.25, 0.3) is 0 Å². The maximum absolute atomic E-state index is 4.36. The number of nitrogens with zero attached hydrogens (tertiary/aromatic N) is 4. The molecule has 0 amide bonds. The van der Waals surface area contributed by atoms with E-state index in [-0.39, 0.29) is 0 Å². The summed E-state index contributed by atoms with van der Waals surface area (Å²) in [6.45, 7) is 0. The first-order valence-corrected chi connectivity index (χ1v) is 16.3. The third kappa shape index (κ3) is 4.29. The smallest absolute Gasteiger partial charge is 0.0746 e. The van der Waals surface area contributed by atoms with Gasteiger partial charge in [0.15, 0.2) is 0 Å². The first kappa shape index (κ1) is 27.3.